The van der Waals surface area contributed by atoms with E-state index in [9.17, 15) is 4.79 Å². The number of amides is 1. The summed E-state index contributed by atoms with van der Waals surface area (Å²) in [7, 11) is 0. The largest absolute Gasteiger partial charge is 0.344 e. The lowest BCUT2D eigenvalue weighted by Crippen LogP contribution is -2.27. The van der Waals surface area contributed by atoms with Gasteiger partial charge in [0.1, 0.15) is 5.69 Å². The molecule has 2 N–H and O–H groups in total. The van der Waals surface area contributed by atoms with Gasteiger partial charge in [0.05, 0.1) is 17.4 Å². The minimum absolute atomic E-state index is 0.143. The molecule has 0 bridgehead atoms. The molecule has 0 fully saturated rings. The van der Waals surface area contributed by atoms with E-state index in [2.05, 4.69) is 20.6 Å². The maximum atomic E-state index is 12.5. The molecule has 0 saturated heterocycles. The van der Waals surface area contributed by atoms with Crippen LogP contribution in [0, 0.1) is 6.92 Å². The molecule has 0 saturated carbocycles. The first-order chi connectivity index (χ1) is 12.0. The summed E-state index contributed by atoms with van der Waals surface area (Å²) in [6, 6.07) is 8.91. The maximum absolute atomic E-state index is 12.5. The molecular weight excluding hydrogens is 338 g/mol. The monoisotopic (exact) mass is 357 g/mol. The number of aromatic nitrogens is 4. The zero-order valence-corrected chi connectivity index (χ0v) is 15.1. The van der Waals surface area contributed by atoms with E-state index >= 15 is 0 Å². The van der Waals surface area contributed by atoms with Crippen molar-refractivity contribution in [3.8, 4) is 11.3 Å². The van der Waals surface area contributed by atoms with E-state index < -0.39 is 0 Å². The molecule has 0 aliphatic heterocycles. The van der Waals surface area contributed by atoms with Crippen molar-refractivity contribution >= 4 is 17.5 Å². The number of rotatable bonds is 5. The molecule has 0 aliphatic carbocycles. The van der Waals surface area contributed by atoms with Gasteiger partial charge in [-0.05, 0) is 39.0 Å². The van der Waals surface area contributed by atoms with Gasteiger partial charge in [0.2, 0.25) is 0 Å². The maximum Gasteiger partial charge on any atom is 0.269 e. The second-order valence-electron chi connectivity index (χ2n) is 5.89. The molecule has 1 aromatic carbocycles. The van der Waals surface area contributed by atoms with E-state index in [4.69, 9.17) is 11.6 Å². The van der Waals surface area contributed by atoms with Gasteiger partial charge in [-0.15, -0.1) is 0 Å². The van der Waals surface area contributed by atoms with E-state index in [0.717, 1.165) is 23.4 Å². The third-order valence-electron chi connectivity index (χ3n) is 4.08. The van der Waals surface area contributed by atoms with E-state index in [1.54, 1.807) is 18.2 Å². The van der Waals surface area contributed by atoms with Crippen LogP contribution in [0.5, 0.6) is 0 Å². The highest BCUT2D eigenvalue weighted by Crippen LogP contribution is 2.21. The number of nitrogens with zero attached hydrogens (tertiary/aromatic N) is 3. The third-order valence-corrected chi connectivity index (χ3v) is 4.34. The topological polar surface area (TPSA) is 75.6 Å². The highest BCUT2D eigenvalue weighted by Gasteiger charge is 2.17. The number of H-pyrrole nitrogens is 1. The molecule has 2 aromatic heterocycles. The Labute approximate surface area is 151 Å². The predicted octanol–water partition coefficient (Wildman–Crippen LogP) is 3.75. The van der Waals surface area contributed by atoms with Crippen LogP contribution in [-0.2, 0) is 6.54 Å². The van der Waals surface area contributed by atoms with Gasteiger partial charge in [-0.2, -0.15) is 10.2 Å². The molecule has 6 nitrogen and oxygen atoms in total. The minimum atomic E-state index is -0.205. The van der Waals surface area contributed by atoms with E-state index in [1.165, 1.54) is 0 Å². The lowest BCUT2D eigenvalue weighted by atomic mass is 10.1. The lowest BCUT2D eigenvalue weighted by molar-refractivity contribution is 0.0934. The average molecular weight is 358 g/mol. The third kappa shape index (κ3) is 3.74. The summed E-state index contributed by atoms with van der Waals surface area (Å²) in [5, 5.41) is 15.1. The quantitative estimate of drug-likeness (QED) is 0.730. The minimum Gasteiger partial charge on any atom is -0.344 e. The molecule has 2 heterocycles. The second kappa shape index (κ2) is 7.11. The number of aryl methyl sites for hydroxylation is 2. The fourth-order valence-corrected chi connectivity index (χ4v) is 2.81. The lowest BCUT2D eigenvalue weighted by Gasteiger charge is -2.12. The van der Waals surface area contributed by atoms with Gasteiger partial charge < -0.3 is 5.32 Å². The second-order valence-corrected chi connectivity index (χ2v) is 6.33. The summed E-state index contributed by atoms with van der Waals surface area (Å²) in [6.07, 6.45) is 1.96. The molecule has 3 aromatic rings. The van der Waals surface area contributed by atoms with Gasteiger partial charge in [0.25, 0.3) is 5.91 Å². The molecule has 25 heavy (non-hydrogen) atoms. The first-order valence-corrected chi connectivity index (χ1v) is 8.52. The van der Waals surface area contributed by atoms with Crippen molar-refractivity contribution in [2.75, 3.05) is 0 Å². The zero-order valence-electron chi connectivity index (χ0n) is 14.4. The van der Waals surface area contributed by atoms with E-state index in [-0.39, 0.29) is 11.9 Å². The van der Waals surface area contributed by atoms with Crippen molar-refractivity contribution in [3.05, 3.63) is 58.5 Å². The number of hydrogen-bond acceptors (Lipinski definition) is 3. The van der Waals surface area contributed by atoms with Crippen molar-refractivity contribution in [2.24, 2.45) is 0 Å². The van der Waals surface area contributed by atoms with Crippen molar-refractivity contribution in [1.29, 1.82) is 0 Å². The van der Waals surface area contributed by atoms with Crippen LogP contribution in [0.15, 0.2) is 36.5 Å². The van der Waals surface area contributed by atoms with Crippen LogP contribution < -0.4 is 5.32 Å². The van der Waals surface area contributed by atoms with Crippen LogP contribution in [-0.4, -0.2) is 25.9 Å². The van der Waals surface area contributed by atoms with Gasteiger partial charge in [-0.25, -0.2) is 0 Å². The zero-order chi connectivity index (χ0) is 18.0. The van der Waals surface area contributed by atoms with Crippen LogP contribution in [0.3, 0.4) is 0 Å². The van der Waals surface area contributed by atoms with Crippen LogP contribution in [0.1, 0.15) is 41.6 Å². The van der Waals surface area contributed by atoms with Crippen molar-refractivity contribution in [3.63, 3.8) is 0 Å². The van der Waals surface area contributed by atoms with Gasteiger partial charge in [-0.1, -0.05) is 23.7 Å². The Morgan fingerprint density at radius 3 is 2.72 bits per heavy atom. The normalized spacial score (nSPS) is 12.2. The molecule has 1 amide bonds. The molecule has 130 valence electrons. The summed E-state index contributed by atoms with van der Waals surface area (Å²) < 4.78 is 1.86. The van der Waals surface area contributed by atoms with Crippen LogP contribution in [0.4, 0.5) is 0 Å². The standard InChI is InChI=1S/C18H20ClN5O/c1-4-24-10-15(12(3)23-24)11(2)20-18(25)17-9-16(21-22-17)13-5-7-14(19)8-6-13/h5-11H,4H2,1-3H3,(H,20,25)(H,21,22). The molecular formula is C18H20ClN5O. The fraction of sp³-hybridized carbons (Fsp3) is 0.278. The summed E-state index contributed by atoms with van der Waals surface area (Å²) in [5.74, 6) is -0.205. The summed E-state index contributed by atoms with van der Waals surface area (Å²) in [4.78, 5) is 12.5. The Balaban J connectivity index is 1.73. The number of benzene rings is 1. The Bertz CT molecular complexity index is 881. The van der Waals surface area contributed by atoms with E-state index in [0.29, 0.717) is 16.4 Å². The van der Waals surface area contributed by atoms with Gasteiger partial charge in [0.15, 0.2) is 0 Å². The summed E-state index contributed by atoms with van der Waals surface area (Å²) in [5.41, 5.74) is 3.93. The highest BCUT2D eigenvalue weighted by atomic mass is 35.5. The van der Waals surface area contributed by atoms with Crippen LogP contribution >= 0.6 is 11.6 Å². The molecule has 3 rings (SSSR count). The number of aromatic amines is 1. The Morgan fingerprint density at radius 2 is 2.08 bits per heavy atom. The number of halogens is 1. The Kier molecular flexibility index (Phi) is 4.90. The van der Waals surface area contributed by atoms with Gasteiger partial charge >= 0.3 is 0 Å². The molecule has 1 unspecified atom stereocenters. The van der Waals surface area contributed by atoms with E-state index in [1.807, 2.05) is 43.8 Å². The first-order valence-electron chi connectivity index (χ1n) is 8.14. The SMILES string of the molecule is CCn1cc(C(C)NC(=O)c2cc(-c3ccc(Cl)cc3)n[nH]2)c(C)n1. The van der Waals surface area contributed by atoms with Crippen LogP contribution in [0.25, 0.3) is 11.3 Å². The number of carbonyl (C=O) groups is 1. The number of hydrogen-bond donors (Lipinski definition) is 2. The van der Waals surface area contributed by atoms with Crippen molar-refractivity contribution < 1.29 is 4.79 Å². The van der Waals surface area contributed by atoms with Crippen molar-refractivity contribution in [1.82, 2.24) is 25.3 Å². The number of carbonyl (C=O) groups excluding carboxylic acids is 1. The molecule has 0 aliphatic rings. The molecule has 0 spiro atoms. The summed E-state index contributed by atoms with van der Waals surface area (Å²) >= 11 is 5.90. The molecule has 1 atom stereocenters. The molecule has 7 heteroatoms. The Hall–Kier alpha value is -2.60. The fourth-order valence-electron chi connectivity index (χ4n) is 2.68. The Morgan fingerprint density at radius 1 is 1.36 bits per heavy atom. The number of nitrogens with one attached hydrogen (secondary N) is 2. The highest BCUT2D eigenvalue weighted by molar-refractivity contribution is 6.30. The van der Waals surface area contributed by atoms with Crippen molar-refractivity contribution in [2.45, 2.75) is 33.4 Å². The van der Waals surface area contributed by atoms with Gasteiger partial charge in [-0.3, -0.25) is 14.6 Å². The summed E-state index contributed by atoms with van der Waals surface area (Å²) in [6.45, 7) is 6.71. The predicted molar refractivity (Wildman–Crippen MR) is 97.6 cm³/mol. The van der Waals surface area contributed by atoms with Crippen LogP contribution in [0.2, 0.25) is 5.02 Å². The first kappa shape index (κ1) is 17.2. The molecule has 0 radical (unpaired) electrons. The smallest absolute Gasteiger partial charge is 0.269 e. The average Bonchev–Trinajstić information content (AvgIpc) is 3.22. The van der Waals surface area contributed by atoms with Gasteiger partial charge in [0, 0.05) is 28.9 Å².